The molecule has 1 N–H and O–H groups in total. The minimum Gasteiger partial charge on any atom is -0.593 e. The molecule has 0 heterocycles. The van der Waals surface area contributed by atoms with E-state index in [9.17, 15) is 9.35 Å². The lowest BCUT2D eigenvalue weighted by atomic mass is 9.98. The van der Waals surface area contributed by atoms with Gasteiger partial charge in [0.1, 0.15) is 0 Å². The molecule has 3 rings (SSSR count). The van der Waals surface area contributed by atoms with Crippen LogP contribution in [0.2, 0.25) is 5.02 Å². The van der Waals surface area contributed by atoms with Gasteiger partial charge in [-0.2, -0.15) is 0 Å². The van der Waals surface area contributed by atoms with E-state index in [4.69, 9.17) is 16.3 Å². The first-order valence-electron chi connectivity index (χ1n) is 10.2. The van der Waals surface area contributed by atoms with E-state index in [1.807, 2.05) is 18.2 Å². The average Bonchev–Trinajstić information content (AvgIpc) is 2.80. The summed E-state index contributed by atoms with van der Waals surface area (Å²) < 4.78 is 20.9. The molecule has 0 aromatic heterocycles. The largest absolute Gasteiger partial charge is 0.593 e. The zero-order valence-corrected chi connectivity index (χ0v) is 19.0. The fourth-order valence-corrected chi connectivity index (χ4v) is 4.41. The molecule has 0 radical (unpaired) electrons. The Kier molecular flexibility index (Phi) is 8.98. The van der Waals surface area contributed by atoms with Gasteiger partial charge in [0.2, 0.25) is 0 Å². The smallest absolute Gasteiger partial charge is 0.305 e. The predicted octanol–water partition coefficient (Wildman–Crippen LogP) is 5.43. The number of carbonyl (C=O) groups is 1. The lowest BCUT2D eigenvalue weighted by Crippen LogP contribution is -2.30. The molecule has 6 heteroatoms. The Morgan fingerprint density at radius 3 is 2.32 bits per heavy atom. The molecule has 0 fully saturated rings. The third-order valence-electron chi connectivity index (χ3n) is 5.02. The molecule has 2 atom stereocenters. The lowest BCUT2D eigenvalue weighted by molar-refractivity contribution is -0.140. The maximum atomic E-state index is 12.9. The average molecular weight is 456 g/mol. The van der Waals surface area contributed by atoms with E-state index in [1.54, 1.807) is 24.3 Å². The number of esters is 1. The fourth-order valence-electron chi connectivity index (χ4n) is 3.29. The second-order valence-electron chi connectivity index (χ2n) is 7.25. The number of aryl methyl sites for hydroxylation is 1. The summed E-state index contributed by atoms with van der Waals surface area (Å²) in [5.41, 5.74) is 3.38. The van der Waals surface area contributed by atoms with Crippen LogP contribution in [0.1, 0.15) is 35.6 Å². The third-order valence-corrected chi connectivity index (χ3v) is 6.47. The molecule has 0 saturated carbocycles. The molecule has 0 spiro atoms. The van der Waals surface area contributed by atoms with Gasteiger partial charge in [-0.25, -0.2) is 0 Å². The molecule has 162 valence electrons. The Balaban J connectivity index is 1.72. The van der Waals surface area contributed by atoms with Crippen LogP contribution in [0.3, 0.4) is 0 Å². The van der Waals surface area contributed by atoms with Crippen LogP contribution < -0.4 is 4.72 Å². The topological polar surface area (TPSA) is 61.4 Å². The Morgan fingerprint density at radius 1 is 1.00 bits per heavy atom. The normalized spacial score (nSPS) is 12.9. The van der Waals surface area contributed by atoms with Crippen molar-refractivity contribution in [3.8, 4) is 0 Å². The molecule has 3 aromatic carbocycles. The fraction of sp³-hybridized carbons (Fsp3) is 0.240. The number of benzene rings is 3. The van der Waals surface area contributed by atoms with E-state index >= 15 is 0 Å². The quantitative estimate of drug-likeness (QED) is 0.327. The number of methoxy groups -OCH3 is 1. The van der Waals surface area contributed by atoms with Crippen LogP contribution in [0.5, 0.6) is 0 Å². The molecular formula is C25H26ClNO3S. The Hall–Kier alpha value is -2.31. The van der Waals surface area contributed by atoms with Crippen LogP contribution in [0.4, 0.5) is 0 Å². The number of hydrogen-bond donors (Lipinski definition) is 1. The van der Waals surface area contributed by atoms with Crippen LogP contribution in [0, 0.1) is 0 Å². The maximum absolute atomic E-state index is 12.9. The van der Waals surface area contributed by atoms with Crippen LogP contribution in [-0.4, -0.2) is 17.6 Å². The van der Waals surface area contributed by atoms with Crippen molar-refractivity contribution in [3.63, 3.8) is 0 Å². The number of rotatable bonds is 10. The lowest BCUT2D eigenvalue weighted by Gasteiger charge is -2.21. The number of carbonyl (C=O) groups excluding carboxylic acids is 1. The monoisotopic (exact) mass is 455 g/mol. The van der Waals surface area contributed by atoms with Crippen molar-refractivity contribution < 1.29 is 14.1 Å². The molecule has 3 aromatic rings. The summed E-state index contributed by atoms with van der Waals surface area (Å²) in [5, 5.41) is 0.615. The van der Waals surface area contributed by atoms with Gasteiger partial charge in [0.15, 0.2) is 4.90 Å². The third kappa shape index (κ3) is 7.40. The van der Waals surface area contributed by atoms with E-state index in [-0.39, 0.29) is 12.0 Å². The van der Waals surface area contributed by atoms with Gasteiger partial charge in [0, 0.05) is 11.4 Å². The second kappa shape index (κ2) is 11.9. The van der Waals surface area contributed by atoms with Crippen LogP contribution in [0.15, 0.2) is 83.8 Å². The molecule has 0 aliphatic rings. The number of ether oxygens (including phenoxy) is 1. The van der Waals surface area contributed by atoms with E-state index in [0.717, 1.165) is 29.5 Å². The Bertz CT molecular complexity index is 949. The maximum Gasteiger partial charge on any atom is 0.305 e. The number of hydrogen-bond acceptors (Lipinski definition) is 4. The highest BCUT2D eigenvalue weighted by Crippen LogP contribution is 2.23. The Morgan fingerprint density at radius 2 is 1.68 bits per heavy atom. The summed E-state index contributed by atoms with van der Waals surface area (Å²) in [7, 11) is 1.41. The van der Waals surface area contributed by atoms with Crippen LogP contribution >= 0.6 is 11.6 Å². The zero-order valence-electron chi connectivity index (χ0n) is 17.4. The second-order valence-corrected chi connectivity index (χ2v) is 8.94. The van der Waals surface area contributed by atoms with Crippen LogP contribution in [0.25, 0.3) is 0 Å². The van der Waals surface area contributed by atoms with Gasteiger partial charge in [-0.15, -0.1) is 4.72 Å². The molecule has 31 heavy (non-hydrogen) atoms. The summed E-state index contributed by atoms with van der Waals surface area (Å²) in [6.07, 6.45) is 2.68. The highest BCUT2D eigenvalue weighted by molar-refractivity contribution is 7.89. The summed E-state index contributed by atoms with van der Waals surface area (Å²) in [4.78, 5) is 12.0. The van der Waals surface area contributed by atoms with Crippen molar-refractivity contribution in [1.82, 2.24) is 4.72 Å². The summed E-state index contributed by atoms with van der Waals surface area (Å²) in [5.74, 6) is -0.187. The van der Waals surface area contributed by atoms with Crippen molar-refractivity contribution in [2.24, 2.45) is 0 Å². The standard InChI is InChI=1S/C25H26ClNO3S/c1-30-25(28)9-5-8-19-10-12-21(13-11-19)24(18-20-6-3-2-4-7-20)27-31(29)23-16-14-22(26)15-17-23/h2-4,6-7,10-17,24,27H,5,8-9,18H2,1H3. The number of halogens is 1. The van der Waals surface area contributed by atoms with E-state index in [1.165, 1.54) is 7.11 Å². The SMILES string of the molecule is COC(=O)CCCc1ccc(C(Cc2ccccc2)N[S+]([O-])c2ccc(Cl)cc2)cc1. The molecule has 0 amide bonds. The minimum absolute atomic E-state index is 0.122. The molecule has 0 aliphatic heterocycles. The molecule has 0 bridgehead atoms. The van der Waals surface area contributed by atoms with Gasteiger partial charge in [-0.1, -0.05) is 66.2 Å². The number of nitrogens with one attached hydrogen (secondary N) is 1. The molecular weight excluding hydrogens is 430 g/mol. The molecule has 0 saturated heterocycles. The van der Waals surface area contributed by atoms with E-state index in [2.05, 4.69) is 41.1 Å². The van der Waals surface area contributed by atoms with E-state index < -0.39 is 11.4 Å². The highest BCUT2D eigenvalue weighted by atomic mass is 35.5. The summed E-state index contributed by atoms with van der Waals surface area (Å²) in [6.45, 7) is 0. The van der Waals surface area contributed by atoms with Gasteiger partial charge in [0.05, 0.1) is 24.5 Å². The van der Waals surface area contributed by atoms with Gasteiger partial charge in [-0.05, 0) is 60.2 Å². The van der Waals surface area contributed by atoms with Crippen molar-refractivity contribution in [3.05, 3.63) is 101 Å². The van der Waals surface area contributed by atoms with Crippen molar-refractivity contribution in [2.75, 3.05) is 7.11 Å². The van der Waals surface area contributed by atoms with Gasteiger partial charge in [-0.3, -0.25) is 4.79 Å². The zero-order chi connectivity index (χ0) is 22.1. The van der Waals surface area contributed by atoms with E-state index in [0.29, 0.717) is 22.8 Å². The molecule has 0 aliphatic carbocycles. The predicted molar refractivity (Wildman–Crippen MR) is 125 cm³/mol. The molecule has 2 unspecified atom stereocenters. The summed E-state index contributed by atoms with van der Waals surface area (Å²) in [6, 6.07) is 25.3. The molecule has 4 nitrogen and oxygen atoms in total. The van der Waals surface area contributed by atoms with Gasteiger partial charge in [0.25, 0.3) is 0 Å². The van der Waals surface area contributed by atoms with Crippen molar-refractivity contribution >= 4 is 28.9 Å². The van der Waals surface area contributed by atoms with Gasteiger partial charge >= 0.3 is 5.97 Å². The minimum atomic E-state index is -1.37. The first-order valence-corrected chi connectivity index (χ1v) is 11.7. The highest BCUT2D eigenvalue weighted by Gasteiger charge is 2.21. The van der Waals surface area contributed by atoms with Gasteiger partial charge < -0.3 is 9.29 Å². The van der Waals surface area contributed by atoms with Crippen molar-refractivity contribution in [2.45, 2.75) is 36.6 Å². The first kappa shape index (κ1) is 23.4. The first-order chi connectivity index (χ1) is 15.0. The van der Waals surface area contributed by atoms with Crippen molar-refractivity contribution in [1.29, 1.82) is 0 Å². The van der Waals surface area contributed by atoms with Crippen LogP contribution in [-0.2, 0) is 33.7 Å². The summed E-state index contributed by atoms with van der Waals surface area (Å²) >= 11 is 4.58. The Labute approximate surface area is 191 Å².